The summed E-state index contributed by atoms with van der Waals surface area (Å²) >= 11 is 2.60. The van der Waals surface area contributed by atoms with Crippen molar-refractivity contribution in [2.75, 3.05) is 11.5 Å². The van der Waals surface area contributed by atoms with E-state index in [-0.39, 0.29) is 46.3 Å². The second kappa shape index (κ2) is 21.0. The van der Waals surface area contributed by atoms with Crippen molar-refractivity contribution in [1.29, 1.82) is 0 Å². The number of rotatable bonds is 12. The van der Waals surface area contributed by atoms with Crippen molar-refractivity contribution in [3.63, 3.8) is 0 Å². The number of nitrogens with zero attached hydrogens (tertiary/aromatic N) is 14. The number of aromatic nitrogens is 14. The number of benzene rings is 2. The molecular weight excluding hydrogens is 1080 g/mol. The smallest absolute Gasteiger partial charge is 0.274 e. The van der Waals surface area contributed by atoms with E-state index in [4.69, 9.17) is 41.1 Å². The van der Waals surface area contributed by atoms with Crippen LogP contribution in [0.2, 0.25) is 0 Å². The van der Waals surface area contributed by atoms with Gasteiger partial charge in [-0.15, -0.1) is 0 Å². The molecule has 10 aromatic heterocycles. The minimum absolute atomic E-state index is 0.0606. The van der Waals surface area contributed by atoms with E-state index < -0.39 is 46.5 Å². The molecule has 0 bridgehead atoms. The molecule has 404 valence electrons. The zero-order chi connectivity index (χ0) is 56.3. The maximum absolute atomic E-state index is 14.3. The van der Waals surface area contributed by atoms with Gasteiger partial charge >= 0.3 is 0 Å². The minimum Gasteiger partial charge on any atom is -0.467 e. The summed E-state index contributed by atoms with van der Waals surface area (Å²) in [6.45, 7) is 11.2. The van der Waals surface area contributed by atoms with Crippen LogP contribution in [0.1, 0.15) is 65.0 Å². The fourth-order valence-electron chi connectivity index (χ4n) is 9.05. The number of nitrogen functional groups attached to an aromatic ring is 2. The van der Waals surface area contributed by atoms with E-state index in [9.17, 15) is 27.2 Å². The van der Waals surface area contributed by atoms with Gasteiger partial charge in [-0.2, -0.15) is 10.2 Å². The van der Waals surface area contributed by atoms with Crippen molar-refractivity contribution >= 4 is 67.7 Å². The van der Waals surface area contributed by atoms with Crippen molar-refractivity contribution in [2.24, 2.45) is 0 Å². The molecule has 12 aromatic rings. The van der Waals surface area contributed by atoms with E-state index >= 15 is 0 Å². The summed E-state index contributed by atoms with van der Waals surface area (Å²) in [6, 6.07) is 15.1. The number of hydrogen-bond acceptors (Lipinski definition) is 18. The Balaban J connectivity index is 0.000000169. The first-order chi connectivity index (χ1) is 38.4. The average molecular weight is 1120 g/mol. The van der Waals surface area contributed by atoms with Crippen LogP contribution in [0.3, 0.4) is 0 Å². The molecule has 0 unspecified atom stereocenters. The first-order valence-electron chi connectivity index (χ1n) is 24.6. The quantitative estimate of drug-likeness (QED) is 0.108. The molecule has 0 amide bonds. The van der Waals surface area contributed by atoms with Crippen LogP contribution < -0.4 is 32.1 Å². The van der Waals surface area contributed by atoms with Crippen LogP contribution in [0.25, 0.3) is 76.8 Å². The Morgan fingerprint density at radius 2 is 0.938 bits per heavy atom. The Labute approximate surface area is 457 Å². The molecule has 0 radical (unpaired) electrons. The molecule has 26 heteroatoms. The first-order valence-corrected chi connectivity index (χ1v) is 26.2. The van der Waals surface area contributed by atoms with Crippen molar-refractivity contribution in [1.82, 2.24) is 68.2 Å². The van der Waals surface area contributed by atoms with Crippen molar-refractivity contribution in [2.45, 2.75) is 65.8 Å². The van der Waals surface area contributed by atoms with Gasteiger partial charge in [-0.3, -0.25) is 18.4 Å². The van der Waals surface area contributed by atoms with Crippen LogP contribution in [-0.2, 0) is 0 Å². The van der Waals surface area contributed by atoms with Gasteiger partial charge in [0.25, 0.3) is 21.5 Å². The van der Waals surface area contributed by atoms with E-state index in [1.807, 2.05) is 27.7 Å². The van der Waals surface area contributed by atoms with Gasteiger partial charge in [0.15, 0.2) is 11.3 Å². The molecule has 0 fully saturated rings. The molecule has 0 saturated heterocycles. The fourth-order valence-corrected chi connectivity index (χ4v) is 10.8. The number of hydrogen-bond donors (Lipinski definition) is 2. The Kier molecular flexibility index (Phi) is 13.8. The monoisotopic (exact) mass is 1120 g/mol. The van der Waals surface area contributed by atoms with E-state index in [0.717, 1.165) is 21.2 Å². The van der Waals surface area contributed by atoms with Gasteiger partial charge < -0.3 is 20.9 Å². The van der Waals surface area contributed by atoms with Gasteiger partial charge in [0.05, 0.1) is 79.7 Å². The van der Waals surface area contributed by atoms with Crippen LogP contribution in [0.15, 0.2) is 120 Å². The molecule has 2 atom stereocenters. The zero-order valence-electron chi connectivity index (χ0n) is 43.1. The number of fused-ring (bicyclic) bond motifs is 4. The maximum Gasteiger partial charge on any atom is 0.274 e. The SMILES string of the molecule is CC(C)Oc1ncc(-c2nn([C@@H](C)c3nc4ccc(F)cn4c(=O)c3-c3cccc(F)c3)c3ncnc(N)c23)s1.CC(C)Oc1ncc(-c2nn([C@H](C)c3nc4ccc(F)cn4c(=O)c3-c3cccc(F)c3)c3ncnc(N)c23)s1. The molecule has 10 heterocycles. The molecule has 0 saturated carbocycles. The lowest BCUT2D eigenvalue weighted by molar-refractivity contribution is 0.241. The third-order valence-corrected chi connectivity index (χ3v) is 14.3. The number of pyridine rings is 2. The highest BCUT2D eigenvalue weighted by Gasteiger charge is 2.30. The van der Waals surface area contributed by atoms with Crippen LogP contribution in [0, 0.1) is 23.3 Å². The molecule has 4 N–H and O–H groups in total. The van der Waals surface area contributed by atoms with Crippen LogP contribution in [0.5, 0.6) is 10.4 Å². The molecule has 0 aliphatic rings. The van der Waals surface area contributed by atoms with Crippen molar-refractivity contribution in [3.05, 3.63) is 166 Å². The highest BCUT2D eigenvalue weighted by Crippen LogP contribution is 2.40. The lowest BCUT2D eigenvalue weighted by Gasteiger charge is -2.18. The van der Waals surface area contributed by atoms with E-state index in [2.05, 4.69) is 29.9 Å². The summed E-state index contributed by atoms with van der Waals surface area (Å²) in [4.78, 5) is 64.1. The topological polar surface area (TPSA) is 252 Å². The van der Waals surface area contributed by atoms with E-state index in [0.29, 0.717) is 76.1 Å². The van der Waals surface area contributed by atoms with Crippen molar-refractivity contribution in [3.8, 4) is 53.8 Å². The minimum atomic E-state index is -0.689. The van der Waals surface area contributed by atoms with E-state index in [1.165, 1.54) is 96.0 Å². The molecule has 0 aliphatic heterocycles. The van der Waals surface area contributed by atoms with Crippen LogP contribution in [0.4, 0.5) is 29.2 Å². The predicted octanol–water partition coefficient (Wildman–Crippen LogP) is 9.76. The standard InChI is InChI=1S/2C27H22F2N8O2S/c2*1-13(2)39-27-31-10-18(40-27)23-21-24(30)32-12-33-25(21)37(35-23)14(3)22-20(15-5-4-6-16(28)9-15)26(38)36-11-17(29)7-8-19(36)34-22/h2*4-14H,1-3H3,(H2,30,32,33)/t2*14-/m10/s1. The summed E-state index contributed by atoms with van der Waals surface area (Å²) in [7, 11) is 0. The van der Waals surface area contributed by atoms with Gasteiger partial charge in [0.2, 0.25) is 0 Å². The molecule has 12 rings (SSSR count). The molecular formula is C54H44F4N16O4S2. The van der Waals surface area contributed by atoms with Gasteiger partial charge in [-0.05, 0) is 101 Å². The summed E-state index contributed by atoms with van der Waals surface area (Å²) in [5.41, 5.74) is 15.1. The summed E-state index contributed by atoms with van der Waals surface area (Å²) in [5, 5.41) is 11.6. The zero-order valence-corrected chi connectivity index (χ0v) is 44.7. The lowest BCUT2D eigenvalue weighted by atomic mass is 10.0. The van der Waals surface area contributed by atoms with Crippen molar-refractivity contribution < 1.29 is 27.0 Å². The molecule has 80 heavy (non-hydrogen) atoms. The Hall–Kier alpha value is -9.56. The van der Waals surface area contributed by atoms with Gasteiger partial charge in [-0.1, -0.05) is 46.9 Å². The highest BCUT2D eigenvalue weighted by atomic mass is 32.1. The summed E-state index contributed by atoms with van der Waals surface area (Å²) < 4.78 is 73.6. The Morgan fingerprint density at radius 3 is 1.32 bits per heavy atom. The lowest BCUT2D eigenvalue weighted by Crippen LogP contribution is -2.23. The molecule has 0 spiro atoms. The number of nitrogens with two attached hydrogens (primary N) is 2. The number of thiazole rings is 2. The normalized spacial score (nSPS) is 12.4. The fraction of sp³-hybridized carbons (Fsp3) is 0.185. The second-order valence-electron chi connectivity index (χ2n) is 18.7. The highest BCUT2D eigenvalue weighted by molar-refractivity contribution is 7.17. The first kappa shape index (κ1) is 52.5. The van der Waals surface area contributed by atoms with Gasteiger partial charge in [0.1, 0.15) is 70.2 Å². The Bertz CT molecular complexity index is 4220. The third kappa shape index (κ3) is 9.78. The predicted molar refractivity (Wildman–Crippen MR) is 294 cm³/mol. The Morgan fingerprint density at radius 1 is 0.525 bits per heavy atom. The number of anilines is 2. The second-order valence-corrected chi connectivity index (χ2v) is 20.7. The molecule has 0 aliphatic carbocycles. The van der Waals surface area contributed by atoms with E-state index in [1.54, 1.807) is 47.7 Å². The maximum atomic E-state index is 14.3. The average Bonchev–Trinajstić information content (AvgIpc) is 4.34. The van der Waals surface area contributed by atoms with Crippen LogP contribution in [-0.4, -0.2) is 80.4 Å². The summed E-state index contributed by atoms with van der Waals surface area (Å²) in [6.07, 6.45) is 7.91. The molecule has 2 aromatic carbocycles. The molecule has 20 nitrogen and oxygen atoms in total. The third-order valence-electron chi connectivity index (χ3n) is 12.5. The largest absolute Gasteiger partial charge is 0.467 e. The van der Waals surface area contributed by atoms with Gasteiger partial charge in [0, 0.05) is 12.4 Å². The van der Waals surface area contributed by atoms with Gasteiger partial charge in [-0.25, -0.2) is 66.8 Å². The summed E-state index contributed by atoms with van der Waals surface area (Å²) in [5.74, 6) is -1.85. The number of ether oxygens (including phenoxy) is 2. The number of halogens is 4. The van der Waals surface area contributed by atoms with Crippen LogP contribution >= 0.6 is 22.7 Å².